The van der Waals surface area contributed by atoms with Crippen LogP contribution in [0.25, 0.3) is 0 Å². The van der Waals surface area contributed by atoms with Crippen LogP contribution in [0.3, 0.4) is 0 Å². The molecule has 5 rings (SSSR count). The van der Waals surface area contributed by atoms with Crippen LogP contribution < -0.4 is 9.80 Å². The van der Waals surface area contributed by atoms with Gasteiger partial charge in [0.15, 0.2) is 6.67 Å². The number of hydrogen-bond donors (Lipinski definition) is 2. The minimum atomic E-state index is -0.158. The van der Waals surface area contributed by atoms with Crippen LogP contribution in [0.2, 0.25) is 0 Å². The van der Waals surface area contributed by atoms with Crippen LogP contribution in [-0.2, 0) is 0 Å². The van der Waals surface area contributed by atoms with Crippen LogP contribution in [0.1, 0.15) is 37.9 Å². The summed E-state index contributed by atoms with van der Waals surface area (Å²) in [5, 5.41) is 0. The van der Waals surface area contributed by atoms with Gasteiger partial charge in [-0.05, 0) is 12.1 Å². The van der Waals surface area contributed by atoms with Crippen molar-refractivity contribution in [3.05, 3.63) is 107 Å². The molecule has 156 valence electrons. The Bertz CT molecular complexity index is 1000. The molecule has 2 heterocycles. The van der Waals surface area contributed by atoms with Gasteiger partial charge in [-0.1, -0.05) is 72.8 Å². The first-order chi connectivity index (χ1) is 15.2. The van der Waals surface area contributed by atoms with Gasteiger partial charge in [0.25, 0.3) is 11.8 Å². The fourth-order valence-corrected chi connectivity index (χ4v) is 4.93. The number of piperazine rings is 1. The molecule has 5 nitrogen and oxygen atoms in total. The average Bonchev–Trinajstić information content (AvgIpc) is 3.07. The molecule has 0 spiro atoms. The molecular formula is C26H27N3O2+2. The van der Waals surface area contributed by atoms with Crippen molar-refractivity contribution in [3.8, 4) is 0 Å². The zero-order valence-electron chi connectivity index (χ0n) is 17.5. The number of nitrogens with zero attached hydrogens (tertiary/aromatic N) is 1. The van der Waals surface area contributed by atoms with E-state index in [1.165, 1.54) is 25.8 Å². The minimum Gasteiger partial charge on any atom is -0.316 e. The fraction of sp³-hybridized carbons (Fsp3) is 0.231. The van der Waals surface area contributed by atoms with Crippen LogP contribution in [0.5, 0.6) is 0 Å². The van der Waals surface area contributed by atoms with E-state index in [4.69, 9.17) is 0 Å². The van der Waals surface area contributed by atoms with Crippen molar-refractivity contribution >= 4 is 11.8 Å². The first-order valence-corrected chi connectivity index (χ1v) is 11.0. The van der Waals surface area contributed by atoms with Crippen molar-refractivity contribution in [2.75, 3.05) is 32.8 Å². The molecule has 0 radical (unpaired) electrons. The van der Waals surface area contributed by atoms with Gasteiger partial charge in [-0.25, -0.2) is 4.90 Å². The van der Waals surface area contributed by atoms with Gasteiger partial charge in [0.05, 0.1) is 11.1 Å². The van der Waals surface area contributed by atoms with E-state index in [0.29, 0.717) is 23.8 Å². The Labute approximate surface area is 182 Å². The Hall–Kier alpha value is -3.28. The summed E-state index contributed by atoms with van der Waals surface area (Å²) in [7, 11) is 0. The van der Waals surface area contributed by atoms with Gasteiger partial charge in [0.1, 0.15) is 32.2 Å². The van der Waals surface area contributed by atoms with Crippen LogP contribution in [0.4, 0.5) is 0 Å². The van der Waals surface area contributed by atoms with Crippen LogP contribution in [0, 0.1) is 0 Å². The molecular weight excluding hydrogens is 386 g/mol. The molecule has 31 heavy (non-hydrogen) atoms. The van der Waals surface area contributed by atoms with Crippen molar-refractivity contribution in [2.24, 2.45) is 0 Å². The molecule has 2 N–H and O–H groups in total. The molecule has 3 aromatic carbocycles. The van der Waals surface area contributed by atoms with E-state index in [-0.39, 0.29) is 11.8 Å². The Morgan fingerprint density at radius 3 is 1.58 bits per heavy atom. The topological polar surface area (TPSA) is 46.3 Å². The second-order valence-electron chi connectivity index (χ2n) is 8.40. The lowest BCUT2D eigenvalue weighted by Gasteiger charge is -2.35. The van der Waals surface area contributed by atoms with E-state index >= 15 is 0 Å². The highest BCUT2D eigenvalue weighted by atomic mass is 16.2. The Morgan fingerprint density at radius 1 is 0.645 bits per heavy atom. The third-order valence-corrected chi connectivity index (χ3v) is 6.53. The van der Waals surface area contributed by atoms with Gasteiger partial charge in [-0.3, -0.25) is 9.59 Å². The van der Waals surface area contributed by atoms with Crippen LogP contribution >= 0.6 is 0 Å². The zero-order valence-corrected chi connectivity index (χ0v) is 17.5. The smallest absolute Gasteiger partial charge is 0.265 e. The summed E-state index contributed by atoms with van der Waals surface area (Å²) in [6.07, 6.45) is 0. The highest BCUT2D eigenvalue weighted by Crippen LogP contribution is 2.21. The lowest BCUT2D eigenvalue weighted by Crippen LogP contribution is -3.28. The van der Waals surface area contributed by atoms with E-state index in [0.717, 1.165) is 26.2 Å². The zero-order chi connectivity index (χ0) is 21.2. The van der Waals surface area contributed by atoms with Gasteiger partial charge in [-0.15, -0.1) is 0 Å². The van der Waals surface area contributed by atoms with Gasteiger partial charge in [0.2, 0.25) is 0 Å². The molecule has 0 unspecified atom stereocenters. The number of nitrogens with one attached hydrogen (secondary N) is 2. The van der Waals surface area contributed by atoms with E-state index in [2.05, 4.69) is 60.7 Å². The van der Waals surface area contributed by atoms with Crippen molar-refractivity contribution < 1.29 is 19.4 Å². The molecule has 1 fully saturated rings. The quantitative estimate of drug-likeness (QED) is 0.609. The number of carbonyl (C=O) groups excluding carboxylic acids is 2. The molecule has 1 saturated heterocycles. The number of hydrogen-bond acceptors (Lipinski definition) is 2. The molecule has 2 aliphatic rings. The predicted octanol–water partition coefficient (Wildman–Crippen LogP) is 0.813. The van der Waals surface area contributed by atoms with Crippen molar-refractivity contribution in [2.45, 2.75) is 6.04 Å². The maximum absolute atomic E-state index is 12.7. The van der Waals surface area contributed by atoms with E-state index in [1.54, 1.807) is 12.1 Å². The van der Waals surface area contributed by atoms with Crippen molar-refractivity contribution in [3.63, 3.8) is 0 Å². The Kier molecular flexibility index (Phi) is 5.37. The summed E-state index contributed by atoms with van der Waals surface area (Å²) in [4.78, 5) is 29.7. The molecule has 0 aromatic heterocycles. The predicted molar refractivity (Wildman–Crippen MR) is 118 cm³/mol. The monoisotopic (exact) mass is 413 g/mol. The highest BCUT2D eigenvalue weighted by molar-refractivity contribution is 6.21. The average molecular weight is 414 g/mol. The van der Waals surface area contributed by atoms with E-state index < -0.39 is 0 Å². The Morgan fingerprint density at radius 2 is 1.10 bits per heavy atom. The lowest BCUT2D eigenvalue weighted by atomic mass is 9.96. The number of quaternary nitrogens is 2. The molecule has 2 amide bonds. The fourth-order valence-electron chi connectivity index (χ4n) is 4.93. The SMILES string of the molecule is O=C1c2ccccc2C(=O)N1C[NH+]1CC[NH+](C(c2ccccc2)c2ccccc2)CC1. The number of benzene rings is 3. The molecule has 0 saturated carbocycles. The second kappa shape index (κ2) is 8.46. The molecule has 3 aromatic rings. The highest BCUT2D eigenvalue weighted by Gasteiger charge is 2.39. The largest absolute Gasteiger partial charge is 0.316 e. The number of fused-ring (bicyclic) bond motifs is 1. The summed E-state index contributed by atoms with van der Waals surface area (Å²) >= 11 is 0. The summed E-state index contributed by atoms with van der Waals surface area (Å²) in [6, 6.07) is 28.8. The first-order valence-electron chi connectivity index (χ1n) is 11.0. The van der Waals surface area contributed by atoms with Gasteiger partial charge in [0, 0.05) is 11.1 Å². The summed E-state index contributed by atoms with van der Waals surface area (Å²) in [6.45, 7) is 4.29. The number of rotatable bonds is 5. The maximum Gasteiger partial charge on any atom is 0.265 e. The normalized spacial score (nSPS) is 20.9. The van der Waals surface area contributed by atoms with E-state index in [9.17, 15) is 9.59 Å². The van der Waals surface area contributed by atoms with Gasteiger partial charge < -0.3 is 9.80 Å². The van der Waals surface area contributed by atoms with Crippen molar-refractivity contribution in [1.29, 1.82) is 0 Å². The molecule has 2 aliphatic heterocycles. The van der Waals surface area contributed by atoms with Gasteiger partial charge in [-0.2, -0.15) is 0 Å². The Balaban J connectivity index is 1.29. The third kappa shape index (κ3) is 3.78. The summed E-state index contributed by atoms with van der Waals surface area (Å²) in [5.41, 5.74) is 3.72. The number of amides is 2. The van der Waals surface area contributed by atoms with Crippen LogP contribution in [-0.4, -0.2) is 49.6 Å². The number of carbonyl (C=O) groups is 2. The van der Waals surface area contributed by atoms with E-state index in [1.807, 2.05) is 12.1 Å². The van der Waals surface area contributed by atoms with Crippen LogP contribution in [0.15, 0.2) is 84.9 Å². The molecule has 0 bridgehead atoms. The molecule has 0 aliphatic carbocycles. The second-order valence-corrected chi connectivity index (χ2v) is 8.40. The molecule has 0 atom stereocenters. The van der Waals surface area contributed by atoms with Crippen molar-refractivity contribution in [1.82, 2.24) is 4.90 Å². The van der Waals surface area contributed by atoms with Gasteiger partial charge >= 0.3 is 0 Å². The maximum atomic E-state index is 12.7. The summed E-state index contributed by atoms with van der Waals surface area (Å²) in [5.74, 6) is -0.316. The third-order valence-electron chi connectivity index (χ3n) is 6.53. The minimum absolute atomic E-state index is 0.158. The molecule has 5 heteroatoms. The lowest BCUT2D eigenvalue weighted by molar-refractivity contribution is -1.03. The first kappa shape index (κ1) is 19.7. The number of imide groups is 1. The standard InChI is InChI=1S/C26H25N3O2/c30-25-22-13-7-8-14-23(22)26(31)29(25)19-27-15-17-28(18-16-27)24(20-9-3-1-4-10-20)21-11-5-2-6-12-21/h1-14,24H,15-19H2/p+2. The summed E-state index contributed by atoms with van der Waals surface area (Å²) < 4.78 is 0.